The molecule has 22 heavy (non-hydrogen) atoms. The van der Waals surface area contributed by atoms with E-state index in [1.807, 2.05) is 18.2 Å². The molecule has 2 heterocycles. The first-order valence-corrected chi connectivity index (χ1v) is 8.35. The first-order valence-electron chi connectivity index (χ1n) is 7.54. The number of hydrogen-bond acceptors (Lipinski definition) is 5. The van der Waals surface area contributed by atoms with Crippen LogP contribution >= 0.6 is 11.3 Å². The van der Waals surface area contributed by atoms with Crippen LogP contribution in [0.3, 0.4) is 0 Å². The Morgan fingerprint density at radius 1 is 1.32 bits per heavy atom. The molecule has 6 nitrogen and oxygen atoms in total. The van der Waals surface area contributed by atoms with Crippen molar-refractivity contribution in [1.29, 1.82) is 0 Å². The van der Waals surface area contributed by atoms with E-state index in [0.29, 0.717) is 19.6 Å². The summed E-state index contributed by atoms with van der Waals surface area (Å²) in [6.45, 7) is 2.58. The van der Waals surface area contributed by atoms with Crippen LogP contribution in [0.25, 0.3) is 10.2 Å². The van der Waals surface area contributed by atoms with E-state index in [0.717, 1.165) is 34.8 Å². The Kier molecular flexibility index (Phi) is 5.07. The van der Waals surface area contributed by atoms with E-state index in [4.69, 9.17) is 4.74 Å². The summed E-state index contributed by atoms with van der Waals surface area (Å²) in [7, 11) is 0. The molecule has 1 aliphatic heterocycles. The first kappa shape index (κ1) is 15.1. The number of ether oxygens (including phenoxy) is 1. The number of thiazole rings is 1. The molecule has 0 aliphatic carbocycles. The van der Waals surface area contributed by atoms with Crippen molar-refractivity contribution < 1.29 is 9.53 Å². The fourth-order valence-corrected chi connectivity index (χ4v) is 3.26. The third-order valence-electron chi connectivity index (χ3n) is 3.49. The number of carbonyl (C=O) groups excluding carboxylic acids is 1. The maximum absolute atomic E-state index is 11.6. The third-order valence-corrected chi connectivity index (χ3v) is 4.49. The summed E-state index contributed by atoms with van der Waals surface area (Å²) < 4.78 is 6.61. The molecule has 0 radical (unpaired) electrons. The van der Waals surface area contributed by atoms with Gasteiger partial charge in [-0.15, -0.1) is 0 Å². The zero-order valence-electron chi connectivity index (χ0n) is 12.3. The van der Waals surface area contributed by atoms with Crippen molar-refractivity contribution in [2.75, 3.05) is 31.6 Å². The van der Waals surface area contributed by atoms with Crippen LogP contribution in [0.2, 0.25) is 0 Å². The van der Waals surface area contributed by atoms with Crippen molar-refractivity contribution in [3.63, 3.8) is 0 Å². The maximum Gasteiger partial charge on any atom is 0.314 e. The van der Waals surface area contributed by atoms with Crippen molar-refractivity contribution >= 4 is 32.7 Å². The molecule has 1 fully saturated rings. The molecule has 1 saturated heterocycles. The number of anilines is 1. The SMILES string of the molecule is O=C(NCCNc1nc2ccccc2s1)NC[C@@H]1CCCO1. The average molecular weight is 320 g/mol. The summed E-state index contributed by atoms with van der Waals surface area (Å²) in [5, 5.41) is 9.75. The van der Waals surface area contributed by atoms with Gasteiger partial charge in [-0.25, -0.2) is 9.78 Å². The van der Waals surface area contributed by atoms with Crippen LogP contribution in [0.4, 0.5) is 9.93 Å². The number of aromatic nitrogens is 1. The number of carbonyl (C=O) groups is 1. The molecule has 1 aromatic heterocycles. The van der Waals surface area contributed by atoms with Crippen LogP contribution < -0.4 is 16.0 Å². The second-order valence-corrected chi connectivity index (χ2v) is 6.22. The highest BCUT2D eigenvalue weighted by molar-refractivity contribution is 7.22. The van der Waals surface area contributed by atoms with Gasteiger partial charge in [-0.05, 0) is 25.0 Å². The normalized spacial score (nSPS) is 17.5. The first-order chi connectivity index (χ1) is 10.8. The van der Waals surface area contributed by atoms with Gasteiger partial charge in [-0.2, -0.15) is 0 Å². The molecule has 3 N–H and O–H groups in total. The van der Waals surface area contributed by atoms with Gasteiger partial charge in [0.2, 0.25) is 0 Å². The molecule has 0 bridgehead atoms. The number of hydrogen-bond donors (Lipinski definition) is 3. The Bertz CT molecular complexity index is 592. The summed E-state index contributed by atoms with van der Waals surface area (Å²) in [6.07, 6.45) is 2.28. The summed E-state index contributed by atoms with van der Waals surface area (Å²) in [5.74, 6) is 0. The molecule has 0 unspecified atom stereocenters. The lowest BCUT2D eigenvalue weighted by atomic mass is 10.2. The standard InChI is InChI=1S/C15H20N4O2S/c20-14(18-10-11-4-3-9-21-11)16-7-8-17-15-19-12-5-1-2-6-13(12)22-15/h1-2,5-6,11H,3-4,7-10H2,(H,17,19)(H2,16,18,20)/t11-/m0/s1. The van der Waals surface area contributed by atoms with E-state index in [1.54, 1.807) is 11.3 Å². The minimum Gasteiger partial charge on any atom is -0.376 e. The molecule has 0 spiro atoms. The molecule has 1 atom stereocenters. The Balaban J connectivity index is 1.33. The summed E-state index contributed by atoms with van der Waals surface area (Å²) in [5.41, 5.74) is 0.997. The van der Waals surface area contributed by atoms with E-state index in [1.165, 1.54) is 0 Å². The van der Waals surface area contributed by atoms with Crippen molar-refractivity contribution in [3.8, 4) is 0 Å². The lowest BCUT2D eigenvalue weighted by molar-refractivity contribution is 0.111. The number of benzene rings is 1. The Labute approximate surface area is 133 Å². The van der Waals surface area contributed by atoms with E-state index < -0.39 is 0 Å². The minimum atomic E-state index is -0.151. The third kappa shape index (κ3) is 4.08. The Hall–Kier alpha value is -1.86. The van der Waals surface area contributed by atoms with Crippen LogP contribution in [0.5, 0.6) is 0 Å². The Morgan fingerprint density at radius 3 is 3.05 bits per heavy atom. The van der Waals surface area contributed by atoms with Crippen LogP contribution in [-0.2, 0) is 4.74 Å². The second-order valence-electron chi connectivity index (χ2n) is 5.19. The molecule has 118 valence electrons. The van der Waals surface area contributed by atoms with Crippen molar-refractivity contribution in [3.05, 3.63) is 24.3 Å². The van der Waals surface area contributed by atoms with Gasteiger partial charge in [0.05, 0.1) is 16.3 Å². The number of amides is 2. The Morgan fingerprint density at radius 2 is 2.23 bits per heavy atom. The highest BCUT2D eigenvalue weighted by Crippen LogP contribution is 2.24. The topological polar surface area (TPSA) is 75.3 Å². The lowest BCUT2D eigenvalue weighted by Gasteiger charge is -2.11. The number of urea groups is 1. The summed E-state index contributed by atoms with van der Waals surface area (Å²) in [6, 6.07) is 7.88. The zero-order chi connectivity index (χ0) is 15.2. The molecule has 2 amide bonds. The van der Waals surface area contributed by atoms with Gasteiger partial charge in [-0.3, -0.25) is 0 Å². The summed E-state index contributed by atoms with van der Waals surface area (Å²) in [4.78, 5) is 16.1. The monoisotopic (exact) mass is 320 g/mol. The van der Waals surface area contributed by atoms with Crippen LogP contribution in [0.1, 0.15) is 12.8 Å². The van der Waals surface area contributed by atoms with Crippen molar-refractivity contribution in [2.45, 2.75) is 18.9 Å². The highest BCUT2D eigenvalue weighted by Gasteiger charge is 2.15. The predicted octanol–water partition coefficient (Wildman–Crippen LogP) is 2.19. The van der Waals surface area contributed by atoms with Gasteiger partial charge in [0.15, 0.2) is 5.13 Å². The van der Waals surface area contributed by atoms with Crippen molar-refractivity contribution in [2.24, 2.45) is 0 Å². The quantitative estimate of drug-likeness (QED) is 0.713. The van der Waals surface area contributed by atoms with Gasteiger partial charge >= 0.3 is 6.03 Å². The number of nitrogens with one attached hydrogen (secondary N) is 3. The van der Waals surface area contributed by atoms with Crippen LogP contribution in [-0.4, -0.2) is 43.4 Å². The average Bonchev–Trinajstić information content (AvgIpc) is 3.18. The van der Waals surface area contributed by atoms with Gasteiger partial charge in [0, 0.05) is 26.2 Å². The van der Waals surface area contributed by atoms with E-state index in [-0.39, 0.29) is 12.1 Å². The smallest absolute Gasteiger partial charge is 0.314 e. The molecule has 1 aliphatic rings. The molecular formula is C15H20N4O2S. The maximum atomic E-state index is 11.6. The second kappa shape index (κ2) is 7.42. The molecule has 1 aromatic carbocycles. The van der Waals surface area contributed by atoms with Gasteiger partial charge in [-0.1, -0.05) is 23.5 Å². The van der Waals surface area contributed by atoms with E-state index >= 15 is 0 Å². The zero-order valence-corrected chi connectivity index (χ0v) is 13.1. The number of rotatable bonds is 6. The van der Waals surface area contributed by atoms with Crippen molar-refractivity contribution in [1.82, 2.24) is 15.6 Å². The van der Waals surface area contributed by atoms with E-state index in [2.05, 4.69) is 27.0 Å². The molecule has 3 rings (SSSR count). The largest absolute Gasteiger partial charge is 0.376 e. The van der Waals surface area contributed by atoms with Gasteiger partial charge in [0.25, 0.3) is 0 Å². The molecule has 7 heteroatoms. The predicted molar refractivity (Wildman–Crippen MR) is 88.5 cm³/mol. The minimum absolute atomic E-state index is 0.151. The molecule has 0 saturated carbocycles. The van der Waals surface area contributed by atoms with Gasteiger partial charge < -0.3 is 20.7 Å². The number of fused-ring (bicyclic) bond motifs is 1. The number of para-hydroxylation sites is 1. The van der Waals surface area contributed by atoms with Gasteiger partial charge in [0.1, 0.15) is 0 Å². The fraction of sp³-hybridized carbons (Fsp3) is 0.467. The number of nitrogens with zero attached hydrogens (tertiary/aromatic N) is 1. The lowest BCUT2D eigenvalue weighted by Crippen LogP contribution is -2.41. The fourth-order valence-electron chi connectivity index (χ4n) is 2.37. The molecule has 2 aromatic rings. The van der Waals surface area contributed by atoms with E-state index in [9.17, 15) is 4.79 Å². The van der Waals surface area contributed by atoms with Crippen LogP contribution in [0, 0.1) is 0 Å². The highest BCUT2D eigenvalue weighted by atomic mass is 32.1. The molecular weight excluding hydrogens is 300 g/mol. The van der Waals surface area contributed by atoms with Crippen LogP contribution in [0.15, 0.2) is 24.3 Å². The summed E-state index contributed by atoms with van der Waals surface area (Å²) >= 11 is 1.62.